The first-order valence-corrected chi connectivity index (χ1v) is 6.38. The number of methoxy groups -OCH3 is 1. The maximum Gasteiger partial charge on any atom is 0.165 e. The van der Waals surface area contributed by atoms with Crippen molar-refractivity contribution in [2.45, 2.75) is 19.9 Å². The van der Waals surface area contributed by atoms with Gasteiger partial charge in [-0.15, -0.1) is 0 Å². The van der Waals surface area contributed by atoms with E-state index in [1.54, 1.807) is 18.2 Å². The lowest BCUT2D eigenvalue weighted by Crippen LogP contribution is -2.09. The first kappa shape index (κ1) is 14.3. The van der Waals surface area contributed by atoms with E-state index in [0.717, 1.165) is 11.1 Å². The summed E-state index contributed by atoms with van der Waals surface area (Å²) in [4.78, 5) is 0. The summed E-state index contributed by atoms with van der Waals surface area (Å²) in [5.74, 6) is -0.544. The number of rotatable bonds is 4. The van der Waals surface area contributed by atoms with Gasteiger partial charge < -0.3 is 10.1 Å². The highest BCUT2D eigenvalue weighted by Gasteiger charge is 2.12. The Bertz CT molecular complexity index is 593. The molecular formula is C16H17F2NO. The van der Waals surface area contributed by atoms with Crippen molar-refractivity contribution < 1.29 is 13.5 Å². The fourth-order valence-electron chi connectivity index (χ4n) is 2.07. The van der Waals surface area contributed by atoms with E-state index in [9.17, 15) is 8.78 Å². The maximum absolute atomic E-state index is 13.8. The summed E-state index contributed by atoms with van der Waals surface area (Å²) in [6.45, 7) is 3.68. The standard InChI is InChI=1S/C16H17F2NO/c1-10-5-4-6-13(17)16(10)19-11(2)12-7-8-15(20-3)14(18)9-12/h4-9,11,19H,1-3H3. The molecule has 1 unspecified atom stereocenters. The molecule has 0 amide bonds. The Morgan fingerprint density at radius 3 is 2.45 bits per heavy atom. The second kappa shape index (κ2) is 5.90. The molecular weight excluding hydrogens is 260 g/mol. The van der Waals surface area contributed by atoms with Crippen molar-refractivity contribution in [1.82, 2.24) is 0 Å². The lowest BCUT2D eigenvalue weighted by atomic mass is 10.1. The predicted molar refractivity (Wildman–Crippen MR) is 76.1 cm³/mol. The zero-order valence-electron chi connectivity index (χ0n) is 11.7. The third kappa shape index (κ3) is 2.90. The summed E-state index contributed by atoms with van der Waals surface area (Å²) >= 11 is 0. The smallest absolute Gasteiger partial charge is 0.165 e. The molecule has 2 rings (SSSR count). The molecule has 0 radical (unpaired) electrons. The van der Waals surface area contributed by atoms with Gasteiger partial charge in [-0.3, -0.25) is 0 Å². The number of benzene rings is 2. The lowest BCUT2D eigenvalue weighted by Gasteiger charge is -2.18. The van der Waals surface area contributed by atoms with Gasteiger partial charge in [0, 0.05) is 6.04 Å². The van der Waals surface area contributed by atoms with E-state index in [-0.39, 0.29) is 17.6 Å². The molecule has 2 nitrogen and oxygen atoms in total. The number of anilines is 1. The fourth-order valence-corrected chi connectivity index (χ4v) is 2.07. The SMILES string of the molecule is COc1ccc(C(C)Nc2c(C)cccc2F)cc1F. The van der Waals surface area contributed by atoms with Crippen molar-refractivity contribution >= 4 is 5.69 Å². The molecule has 0 aromatic heterocycles. The maximum atomic E-state index is 13.8. The monoisotopic (exact) mass is 277 g/mol. The van der Waals surface area contributed by atoms with Crippen LogP contribution in [0.15, 0.2) is 36.4 Å². The predicted octanol–water partition coefficient (Wildman–Crippen LogP) is 4.45. The summed E-state index contributed by atoms with van der Waals surface area (Å²) in [6, 6.07) is 9.39. The molecule has 0 spiro atoms. The molecule has 0 aliphatic carbocycles. The molecule has 106 valence electrons. The van der Waals surface area contributed by atoms with E-state index in [1.807, 2.05) is 19.9 Å². The van der Waals surface area contributed by atoms with Gasteiger partial charge in [0.25, 0.3) is 0 Å². The number of halogens is 2. The number of hydrogen-bond donors (Lipinski definition) is 1. The van der Waals surface area contributed by atoms with Crippen LogP contribution in [0.3, 0.4) is 0 Å². The molecule has 0 aliphatic rings. The van der Waals surface area contributed by atoms with E-state index >= 15 is 0 Å². The Kier molecular flexibility index (Phi) is 4.23. The second-order valence-corrected chi connectivity index (χ2v) is 4.69. The van der Waals surface area contributed by atoms with Gasteiger partial charge >= 0.3 is 0 Å². The van der Waals surface area contributed by atoms with Crippen LogP contribution in [0.5, 0.6) is 5.75 Å². The fraction of sp³-hybridized carbons (Fsp3) is 0.250. The third-order valence-corrected chi connectivity index (χ3v) is 3.26. The largest absolute Gasteiger partial charge is 0.494 e. The van der Waals surface area contributed by atoms with Crippen LogP contribution in [0.25, 0.3) is 0 Å². The minimum atomic E-state index is -0.427. The molecule has 0 bridgehead atoms. The van der Waals surface area contributed by atoms with E-state index in [0.29, 0.717) is 5.69 Å². The lowest BCUT2D eigenvalue weighted by molar-refractivity contribution is 0.386. The zero-order valence-corrected chi connectivity index (χ0v) is 11.7. The second-order valence-electron chi connectivity index (χ2n) is 4.69. The highest BCUT2D eigenvalue weighted by molar-refractivity contribution is 5.53. The third-order valence-electron chi connectivity index (χ3n) is 3.26. The first-order valence-electron chi connectivity index (χ1n) is 6.38. The highest BCUT2D eigenvalue weighted by Crippen LogP contribution is 2.27. The molecule has 0 saturated carbocycles. The molecule has 0 aliphatic heterocycles. The van der Waals surface area contributed by atoms with Crippen LogP contribution in [0, 0.1) is 18.6 Å². The molecule has 0 saturated heterocycles. The summed E-state index contributed by atoms with van der Waals surface area (Å²) < 4.78 is 32.3. The summed E-state index contributed by atoms with van der Waals surface area (Å²) in [6.07, 6.45) is 0. The Balaban J connectivity index is 2.24. The van der Waals surface area contributed by atoms with Gasteiger partial charge in [-0.05, 0) is 43.2 Å². The topological polar surface area (TPSA) is 21.3 Å². The molecule has 1 atom stereocenters. The normalized spacial score (nSPS) is 12.1. The van der Waals surface area contributed by atoms with Crippen LogP contribution in [0.1, 0.15) is 24.1 Å². The van der Waals surface area contributed by atoms with E-state index in [1.165, 1.54) is 19.2 Å². The van der Waals surface area contributed by atoms with Crippen molar-refractivity contribution in [2.75, 3.05) is 12.4 Å². The van der Waals surface area contributed by atoms with Gasteiger partial charge in [-0.25, -0.2) is 8.78 Å². The van der Waals surface area contributed by atoms with E-state index in [4.69, 9.17) is 4.74 Å². The van der Waals surface area contributed by atoms with Crippen LogP contribution in [0.4, 0.5) is 14.5 Å². The molecule has 2 aromatic rings. The van der Waals surface area contributed by atoms with Gasteiger partial charge in [0.2, 0.25) is 0 Å². The van der Waals surface area contributed by atoms with Crippen molar-refractivity contribution in [2.24, 2.45) is 0 Å². The quantitative estimate of drug-likeness (QED) is 0.891. The average molecular weight is 277 g/mol. The summed E-state index contributed by atoms with van der Waals surface area (Å²) in [7, 11) is 1.42. The Morgan fingerprint density at radius 2 is 1.85 bits per heavy atom. The molecule has 0 fully saturated rings. The number of para-hydroxylation sites is 1. The van der Waals surface area contributed by atoms with Crippen molar-refractivity contribution in [3.05, 3.63) is 59.2 Å². The van der Waals surface area contributed by atoms with Crippen LogP contribution in [-0.2, 0) is 0 Å². The molecule has 1 N–H and O–H groups in total. The molecule has 2 aromatic carbocycles. The van der Waals surface area contributed by atoms with Crippen molar-refractivity contribution in [3.8, 4) is 5.75 Å². The van der Waals surface area contributed by atoms with Crippen molar-refractivity contribution in [3.63, 3.8) is 0 Å². The minimum absolute atomic E-state index is 0.197. The van der Waals surface area contributed by atoms with Gasteiger partial charge in [-0.1, -0.05) is 18.2 Å². The van der Waals surface area contributed by atoms with Crippen LogP contribution >= 0.6 is 0 Å². The number of hydrogen-bond acceptors (Lipinski definition) is 2. The number of ether oxygens (including phenoxy) is 1. The first-order chi connectivity index (χ1) is 9.52. The average Bonchev–Trinajstić information content (AvgIpc) is 2.42. The van der Waals surface area contributed by atoms with Crippen LogP contribution in [-0.4, -0.2) is 7.11 Å². The van der Waals surface area contributed by atoms with Gasteiger partial charge in [-0.2, -0.15) is 0 Å². The number of aryl methyl sites for hydroxylation is 1. The Morgan fingerprint density at radius 1 is 1.10 bits per heavy atom. The van der Waals surface area contributed by atoms with Crippen LogP contribution in [0.2, 0.25) is 0 Å². The van der Waals surface area contributed by atoms with Gasteiger partial charge in [0.15, 0.2) is 11.6 Å². The highest BCUT2D eigenvalue weighted by atomic mass is 19.1. The molecule has 20 heavy (non-hydrogen) atoms. The summed E-state index contributed by atoms with van der Waals surface area (Å²) in [5, 5.41) is 3.08. The molecule has 0 heterocycles. The van der Waals surface area contributed by atoms with Crippen LogP contribution < -0.4 is 10.1 Å². The van der Waals surface area contributed by atoms with Gasteiger partial charge in [0.05, 0.1) is 12.8 Å². The van der Waals surface area contributed by atoms with Gasteiger partial charge in [0.1, 0.15) is 5.82 Å². The van der Waals surface area contributed by atoms with E-state index < -0.39 is 5.82 Å². The zero-order chi connectivity index (χ0) is 14.7. The molecule has 4 heteroatoms. The Hall–Kier alpha value is -2.10. The number of nitrogens with one attached hydrogen (secondary N) is 1. The van der Waals surface area contributed by atoms with E-state index in [2.05, 4.69) is 5.32 Å². The Labute approximate surface area is 117 Å². The van der Waals surface area contributed by atoms with Crippen molar-refractivity contribution in [1.29, 1.82) is 0 Å². The minimum Gasteiger partial charge on any atom is -0.494 e. The summed E-state index contributed by atoms with van der Waals surface area (Å²) in [5.41, 5.74) is 1.98.